The molecule has 0 fully saturated rings. The van der Waals surface area contributed by atoms with Crippen LogP contribution in [0.25, 0.3) is 54.7 Å². The summed E-state index contributed by atoms with van der Waals surface area (Å²) in [6.07, 6.45) is 0. The average Bonchev–Trinajstić information content (AvgIpc) is 3.55. The Balaban J connectivity index is 1.56. The Kier molecular flexibility index (Phi) is 2.88. The van der Waals surface area contributed by atoms with Crippen molar-refractivity contribution >= 4 is 67.4 Å². The molecule has 5 aromatic carbocycles. The van der Waals surface area contributed by atoms with Crippen LogP contribution in [0.4, 0.5) is 11.4 Å². The second-order valence-corrected chi connectivity index (χ2v) is 9.45. The lowest BCUT2D eigenvalue weighted by molar-refractivity contribution is 1.31. The minimum atomic E-state index is 0.0838. The zero-order valence-corrected chi connectivity index (χ0v) is 18.3. The number of anilines is 2. The van der Waals surface area contributed by atoms with Crippen molar-refractivity contribution in [2.45, 2.75) is 0 Å². The van der Waals surface area contributed by atoms with Crippen LogP contribution in [-0.4, -0.2) is 16.4 Å². The molecule has 0 bridgehead atoms. The highest BCUT2D eigenvalue weighted by molar-refractivity contribution is 6.83. The third kappa shape index (κ3) is 1.81. The van der Waals surface area contributed by atoms with Gasteiger partial charge in [-0.05, 0) is 35.3 Å². The van der Waals surface area contributed by atoms with Crippen molar-refractivity contribution in [3.05, 3.63) is 103 Å². The molecule has 7 aromatic rings. The van der Waals surface area contributed by atoms with Gasteiger partial charge < -0.3 is 14.3 Å². The number of hydrogen-bond donors (Lipinski definition) is 1. The van der Waals surface area contributed by atoms with E-state index >= 15 is 0 Å². The number of rotatable bonds is 0. The molecule has 3 nitrogen and oxygen atoms in total. The van der Waals surface area contributed by atoms with E-state index in [0.29, 0.717) is 0 Å². The summed E-state index contributed by atoms with van der Waals surface area (Å²) in [5, 5.41) is 5.22. The standard InChI is InChI=1S/C30H18BN3/c1-5-13-24-18(9-1)20-11-3-7-15-26(20)34-30-28-22(19-10-2-6-14-25(19)32-28)17-23-21-12-4-8-16-27(21)33(29(23)30)31(24)34/h1-17,32H. The molecule has 2 aliphatic rings. The molecule has 0 saturated carbocycles. The molecule has 9 rings (SSSR count). The molecule has 2 aromatic heterocycles. The van der Waals surface area contributed by atoms with Gasteiger partial charge in [-0.15, -0.1) is 0 Å². The van der Waals surface area contributed by atoms with E-state index in [0.717, 1.165) is 0 Å². The average molecular weight is 431 g/mol. The van der Waals surface area contributed by atoms with Crippen LogP contribution in [0.5, 0.6) is 0 Å². The van der Waals surface area contributed by atoms with Gasteiger partial charge in [0.25, 0.3) is 0 Å². The molecule has 0 unspecified atom stereocenters. The smallest absolute Gasteiger partial charge is 0.359 e. The van der Waals surface area contributed by atoms with Gasteiger partial charge in [0, 0.05) is 43.8 Å². The first-order valence-corrected chi connectivity index (χ1v) is 11.8. The number of nitrogens with zero attached hydrogens (tertiary/aromatic N) is 2. The SMILES string of the molecule is c1ccc2c(c1)B1N(c3ccccc3-2)c2c3[nH]c4ccccc4c3cc3c4ccccc4n1c23. The van der Waals surface area contributed by atoms with Crippen molar-refractivity contribution in [1.29, 1.82) is 0 Å². The molecule has 0 amide bonds. The summed E-state index contributed by atoms with van der Waals surface area (Å²) in [6, 6.07) is 37.7. The molecule has 0 spiro atoms. The van der Waals surface area contributed by atoms with Crippen molar-refractivity contribution in [1.82, 2.24) is 9.46 Å². The minimum Gasteiger partial charge on any atom is -0.359 e. The molecule has 0 atom stereocenters. The van der Waals surface area contributed by atoms with E-state index in [1.807, 2.05) is 0 Å². The van der Waals surface area contributed by atoms with Crippen LogP contribution < -0.4 is 10.3 Å². The third-order valence-corrected chi connectivity index (χ3v) is 7.87. The lowest BCUT2D eigenvalue weighted by Gasteiger charge is -2.34. The first-order valence-electron chi connectivity index (χ1n) is 11.8. The molecule has 0 saturated heterocycles. The van der Waals surface area contributed by atoms with Crippen molar-refractivity contribution in [3.8, 4) is 11.1 Å². The Morgan fingerprint density at radius 1 is 0.618 bits per heavy atom. The molecule has 4 heterocycles. The minimum absolute atomic E-state index is 0.0838. The number of hydrogen-bond acceptors (Lipinski definition) is 1. The van der Waals surface area contributed by atoms with Crippen molar-refractivity contribution in [2.75, 3.05) is 4.81 Å². The topological polar surface area (TPSA) is 24.0 Å². The fraction of sp³-hybridized carbons (Fsp3) is 0. The number of benzene rings is 5. The van der Waals surface area contributed by atoms with E-state index in [1.165, 1.54) is 71.6 Å². The zero-order chi connectivity index (χ0) is 22.0. The van der Waals surface area contributed by atoms with Gasteiger partial charge in [-0.1, -0.05) is 78.9 Å². The monoisotopic (exact) mass is 431 g/mol. The van der Waals surface area contributed by atoms with Crippen molar-refractivity contribution in [2.24, 2.45) is 0 Å². The van der Waals surface area contributed by atoms with E-state index in [4.69, 9.17) is 0 Å². The molecule has 34 heavy (non-hydrogen) atoms. The van der Waals surface area contributed by atoms with E-state index in [9.17, 15) is 0 Å². The Morgan fingerprint density at radius 3 is 2.29 bits per heavy atom. The number of nitrogens with one attached hydrogen (secondary N) is 1. The van der Waals surface area contributed by atoms with Crippen LogP contribution in [0, 0.1) is 0 Å². The van der Waals surface area contributed by atoms with Gasteiger partial charge in [-0.2, -0.15) is 0 Å². The van der Waals surface area contributed by atoms with Crippen LogP contribution in [0.2, 0.25) is 0 Å². The zero-order valence-electron chi connectivity index (χ0n) is 18.3. The lowest BCUT2D eigenvalue weighted by atomic mass is 9.60. The van der Waals surface area contributed by atoms with E-state index < -0.39 is 0 Å². The summed E-state index contributed by atoms with van der Waals surface area (Å²) in [5.41, 5.74) is 11.5. The third-order valence-electron chi connectivity index (χ3n) is 7.87. The number of H-pyrrole nitrogens is 1. The molecule has 1 N–H and O–H groups in total. The maximum absolute atomic E-state index is 3.80. The predicted molar refractivity (Wildman–Crippen MR) is 144 cm³/mol. The van der Waals surface area contributed by atoms with Gasteiger partial charge in [0.2, 0.25) is 0 Å². The Labute approximate surface area is 196 Å². The second kappa shape index (κ2) is 5.73. The van der Waals surface area contributed by atoms with Crippen LogP contribution >= 0.6 is 0 Å². The maximum Gasteiger partial charge on any atom is 0.421 e. The number of fused-ring (bicyclic) bond motifs is 15. The van der Waals surface area contributed by atoms with Gasteiger partial charge in [0.05, 0.1) is 16.7 Å². The van der Waals surface area contributed by atoms with Crippen LogP contribution in [0.1, 0.15) is 0 Å². The molecule has 156 valence electrons. The van der Waals surface area contributed by atoms with Crippen LogP contribution in [0.3, 0.4) is 0 Å². The highest BCUT2D eigenvalue weighted by Gasteiger charge is 2.45. The van der Waals surface area contributed by atoms with Gasteiger partial charge >= 0.3 is 6.98 Å². The molecule has 0 radical (unpaired) electrons. The van der Waals surface area contributed by atoms with Gasteiger partial charge in [-0.3, -0.25) is 0 Å². The van der Waals surface area contributed by atoms with Crippen LogP contribution in [0.15, 0.2) is 103 Å². The molecule has 0 aliphatic carbocycles. The summed E-state index contributed by atoms with van der Waals surface area (Å²) in [5.74, 6) is 0. The second-order valence-electron chi connectivity index (χ2n) is 9.45. The Morgan fingerprint density at radius 2 is 1.35 bits per heavy atom. The molecule has 2 aliphatic heterocycles. The summed E-state index contributed by atoms with van der Waals surface area (Å²) in [6.45, 7) is 0.0838. The summed E-state index contributed by atoms with van der Waals surface area (Å²) >= 11 is 0. The van der Waals surface area contributed by atoms with Gasteiger partial charge in [0.1, 0.15) is 0 Å². The molecular formula is C30H18BN3. The van der Waals surface area contributed by atoms with Crippen LogP contribution in [-0.2, 0) is 0 Å². The first kappa shape index (κ1) is 17.1. The van der Waals surface area contributed by atoms with E-state index in [2.05, 4.69) is 117 Å². The van der Waals surface area contributed by atoms with Crippen molar-refractivity contribution in [3.63, 3.8) is 0 Å². The Hall–Kier alpha value is -4.44. The van der Waals surface area contributed by atoms with Gasteiger partial charge in [0.15, 0.2) is 0 Å². The van der Waals surface area contributed by atoms with E-state index in [1.54, 1.807) is 0 Å². The van der Waals surface area contributed by atoms with Crippen molar-refractivity contribution < 1.29 is 0 Å². The lowest BCUT2D eigenvalue weighted by Crippen LogP contribution is -2.51. The number of aromatic amines is 1. The normalized spacial score (nSPS) is 13.8. The maximum atomic E-state index is 3.80. The highest BCUT2D eigenvalue weighted by Crippen LogP contribution is 2.52. The summed E-state index contributed by atoms with van der Waals surface area (Å²) in [4.78, 5) is 6.37. The summed E-state index contributed by atoms with van der Waals surface area (Å²) in [7, 11) is 0. The highest BCUT2D eigenvalue weighted by atomic mass is 15.2. The number of para-hydroxylation sites is 3. The van der Waals surface area contributed by atoms with E-state index in [-0.39, 0.29) is 6.98 Å². The molecular weight excluding hydrogens is 413 g/mol. The fourth-order valence-electron chi connectivity index (χ4n) is 6.58. The predicted octanol–water partition coefficient (Wildman–Crippen LogP) is 6.80. The Bertz CT molecular complexity index is 1990. The fourth-order valence-corrected chi connectivity index (χ4v) is 6.58. The number of aromatic nitrogens is 2. The first-order chi connectivity index (χ1) is 16.9. The quantitative estimate of drug-likeness (QED) is 0.262. The largest absolute Gasteiger partial charge is 0.421 e. The summed E-state index contributed by atoms with van der Waals surface area (Å²) < 4.78 is 2.57. The van der Waals surface area contributed by atoms with Gasteiger partial charge in [-0.25, -0.2) is 0 Å². The molecule has 4 heteroatoms.